The Morgan fingerprint density at radius 1 is 1.35 bits per heavy atom. The van der Waals surface area contributed by atoms with E-state index in [9.17, 15) is 4.79 Å². The summed E-state index contributed by atoms with van der Waals surface area (Å²) < 4.78 is 15.7. The first-order chi connectivity index (χ1) is 9.74. The van der Waals surface area contributed by atoms with E-state index in [1.807, 2.05) is 0 Å². The fourth-order valence-electron chi connectivity index (χ4n) is 2.09. The SMILES string of the molecule is COc1ccc2c(c1OC)C(=O)OC2Nn1cncn1. The van der Waals surface area contributed by atoms with Crippen molar-refractivity contribution in [3.8, 4) is 11.5 Å². The monoisotopic (exact) mass is 276 g/mol. The van der Waals surface area contributed by atoms with Crippen LogP contribution in [0, 0.1) is 0 Å². The van der Waals surface area contributed by atoms with Gasteiger partial charge in [0.05, 0.1) is 14.2 Å². The lowest BCUT2D eigenvalue weighted by molar-refractivity contribution is 0.0409. The number of fused-ring (bicyclic) bond motifs is 1. The van der Waals surface area contributed by atoms with E-state index in [-0.39, 0.29) is 0 Å². The number of cyclic esters (lactones) is 1. The van der Waals surface area contributed by atoms with Crippen molar-refractivity contribution >= 4 is 5.97 Å². The Labute approximate surface area is 114 Å². The lowest BCUT2D eigenvalue weighted by Crippen LogP contribution is -2.21. The van der Waals surface area contributed by atoms with Crippen LogP contribution in [0.1, 0.15) is 22.1 Å². The summed E-state index contributed by atoms with van der Waals surface area (Å²) in [5, 5.41) is 3.90. The number of carbonyl (C=O) groups is 1. The fourth-order valence-corrected chi connectivity index (χ4v) is 2.09. The summed E-state index contributed by atoms with van der Waals surface area (Å²) in [5.41, 5.74) is 3.91. The molecule has 8 nitrogen and oxygen atoms in total. The van der Waals surface area contributed by atoms with E-state index in [0.717, 1.165) is 0 Å². The molecule has 1 N–H and O–H groups in total. The number of benzene rings is 1. The van der Waals surface area contributed by atoms with Crippen molar-refractivity contribution in [3.05, 3.63) is 35.9 Å². The number of ether oxygens (including phenoxy) is 3. The minimum absolute atomic E-state index is 0.351. The van der Waals surface area contributed by atoms with Gasteiger partial charge in [0.1, 0.15) is 18.2 Å². The van der Waals surface area contributed by atoms with Gasteiger partial charge in [-0.3, -0.25) is 5.43 Å². The van der Waals surface area contributed by atoms with Crippen LogP contribution in [0.4, 0.5) is 0 Å². The van der Waals surface area contributed by atoms with Gasteiger partial charge in [-0.1, -0.05) is 0 Å². The maximum Gasteiger partial charge on any atom is 0.344 e. The zero-order valence-corrected chi connectivity index (χ0v) is 10.9. The third-order valence-corrected chi connectivity index (χ3v) is 2.96. The third-order valence-electron chi connectivity index (χ3n) is 2.96. The lowest BCUT2D eigenvalue weighted by Gasteiger charge is -2.14. The molecule has 1 aromatic carbocycles. The van der Waals surface area contributed by atoms with Crippen molar-refractivity contribution in [3.63, 3.8) is 0 Å². The molecular weight excluding hydrogens is 264 g/mol. The molecular formula is C12H12N4O4. The van der Waals surface area contributed by atoms with E-state index in [4.69, 9.17) is 14.2 Å². The largest absolute Gasteiger partial charge is 0.493 e. The number of rotatable bonds is 4. The molecule has 0 amide bonds. The second kappa shape index (κ2) is 4.72. The van der Waals surface area contributed by atoms with Crippen LogP contribution in [0.15, 0.2) is 24.8 Å². The van der Waals surface area contributed by atoms with Crippen LogP contribution in [0.3, 0.4) is 0 Å². The Bertz CT molecular complexity index is 641. The topological polar surface area (TPSA) is 87.5 Å². The predicted molar refractivity (Wildman–Crippen MR) is 67.1 cm³/mol. The Morgan fingerprint density at radius 2 is 2.20 bits per heavy atom. The minimum Gasteiger partial charge on any atom is -0.493 e. The summed E-state index contributed by atoms with van der Waals surface area (Å²) in [6.45, 7) is 0. The van der Waals surface area contributed by atoms with Crippen molar-refractivity contribution in [2.75, 3.05) is 19.6 Å². The number of nitrogens with zero attached hydrogens (tertiary/aromatic N) is 3. The summed E-state index contributed by atoms with van der Waals surface area (Å²) in [6.07, 6.45) is 2.19. The minimum atomic E-state index is -0.654. The molecule has 2 aromatic rings. The van der Waals surface area contributed by atoms with Crippen LogP contribution >= 0.6 is 0 Å². The van der Waals surface area contributed by atoms with E-state index in [1.54, 1.807) is 12.1 Å². The van der Waals surface area contributed by atoms with E-state index in [2.05, 4.69) is 15.5 Å². The van der Waals surface area contributed by atoms with Gasteiger partial charge in [-0.2, -0.15) is 4.79 Å². The Morgan fingerprint density at radius 3 is 2.85 bits per heavy atom. The molecule has 0 saturated heterocycles. The van der Waals surface area contributed by atoms with E-state index >= 15 is 0 Å². The number of carbonyl (C=O) groups excluding carboxylic acids is 1. The van der Waals surface area contributed by atoms with Crippen LogP contribution in [-0.2, 0) is 4.74 Å². The zero-order chi connectivity index (χ0) is 14.1. The maximum absolute atomic E-state index is 12.0. The standard InChI is InChI=1S/C12H12N4O4/c1-18-8-4-3-7-9(10(8)19-2)12(17)20-11(7)15-16-6-13-5-14-16/h3-6,11,15H,1-2H3. The van der Waals surface area contributed by atoms with Gasteiger partial charge in [-0.15, -0.1) is 5.10 Å². The highest BCUT2D eigenvalue weighted by molar-refractivity contribution is 5.98. The highest BCUT2D eigenvalue weighted by Crippen LogP contribution is 2.41. The van der Waals surface area contributed by atoms with E-state index in [0.29, 0.717) is 22.6 Å². The van der Waals surface area contributed by atoms with Crippen LogP contribution in [0.25, 0.3) is 0 Å². The number of hydrogen-bond acceptors (Lipinski definition) is 7. The Balaban J connectivity index is 2.01. The number of nitrogens with one attached hydrogen (secondary N) is 1. The number of methoxy groups -OCH3 is 2. The van der Waals surface area contributed by atoms with Gasteiger partial charge in [-0.25, -0.2) is 9.78 Å². The van der Waals surface area contributed by atoms with Crippen LogP contribution in [0.5, 0.6) is 11.5 Å². The summed E-state index contributed by atoms with van der Waals surface area (Å²) in [4.78, 5) is 17.2. The first kappa shape index (κ1) is 12.3. The predicted octanol–water partition coefficient (Wildman–Crippen LogP) is 0.708. The smallest absolute Gasteiger partial charge is 0.344 e. The molecule has 2 heterocycles. The van der Waals surface area contributed by atoms with Crippen LogP contribution in [-0.4, -0.2) is 35.1 Å². The van der Waals surface area contributed by atoms with Crippen molar-refractivity contribution in [1.82, 2.24) is 14.9 Å². The Kier molecular flexibility index (Phi) is 2.90. The highest BCUT2D eigenvalue weighted by Gasteiger charge is 2.36. The second-order valence-electron chi connectivity index (χ2n) is 4.02. The molecule has 1 aromatic heterocycles. The molecule has 3 rings (SSSR count). The number of hydrogen-bond donors (Lipinski definition) is 1. The maximum atomic E-state index is 12.0. The van der Waals surface area contributed by atoms with Crippen LogP contribution < -0.4 is 14.9 Å². The summed E-state index contributed by atoms with van der Waals surface area (Å²) in [5.74, 6) is 0.357. The molecule has 0 spiro atoms. The van der Waals surface area contributed by atoms with Gasteiger partial charge in [0, 0.05) is 5.56 Å². The highest BCUT2D eigenvalue weighted by atomic mass is 16.6. The summed E-state index contributed by atoms with van der Waals surface area (Å²) >= 11 is 0. The van der Waals surface area contributed by atoms with Crippen molar-refractivity contribution < 1.29 is 19.0 Å². The zero-order valence-electron chi connectivity index (χ0n) is 10.9. The normalized spacial score (nSPS) is 16.5. The molecule has 104 valence electrons. The van der Waals surface area contributed by atoms with Gasteiger partial charge >= 0.3 is 5.97 Å². The van der Waals surface area contributed by atoms with Crippen molar-refractivity contribution in [2.24, 2.45) is 0 Å². The molecule has 0 fully saturated rings. The van der Waals surface area contributed by atoms with Crippen molar-refractivity contribution in [2.45, 2.75) is 6.23 Å². The quantitative estimate of drug-likeness (QED) is 0.823. The van der Waals surface area contributed by atoms with Gasteiger partial charge < -0.3 is 14.2 Å². The summed E-state index contributed by atoms with van der Waals surface area (Å²) in [6, 6.07) is 3.46. The van der Waals surface area contributed by atoms with Gasteiger partial charge in [0.2, 0.25) is 6.23 Å². The fraction of sp³-hybridized carbons (Fsp3) is 0.250. The van der Waals surface area contributed by atoms with Crippen molar-refractivity contribution in [1.29, 1.82) is 0 Å². The molecule has 1 atom stereocenters. The number of esters is 1. The average molecular weight is 276 g/mol. The second-order valence-corrected chi connectivity index (χ2v) is 4.02. The first-order valence-electron chi connectivity index (χ1n) is 5.81. The van der Waals surface area contributed by atoms with E-state index in [1.165, 1.54) is 31.7 Å². The number of aromatic nitrogens is 3. The van der Waals surface area contributed by atoms with E-state index < -0.39 is 12.2 Å². The molecule has 1 aliphatic heterocycles. The third kappa shape index (κ3) is 1.81. The molecule has 0 aliphatic carbocycles. The summed E-state index contributed by atoms with van der Waals surface area (Å²) in [7, 11) is 2.99. The van der Waals surface area contributed by atoms with Gasteiger partial charge in [-0.05, 0) is 12.1 Å². The molecule has 0 bridgehead atoms. The van der Waals surface area contributed by atoms with Gasteiger partial charge in [0.15, 0.2) is 11.5 Å². The lowest BCUT2D eigenvalue weighted by atomic mass is 10.1. The molecule has 20 heavy (non-hydrogen) atoms. The average Bonchev–Trinajstić information content (AvgIpc) is 3.07. The molecule has 1 aliphatic rings. The Hall–Kier alpha value is -2.77. The molecule has 0 radical (unpaired) electrons. The molecule has 0 saturated carbocycles. The first-order valence-corrected chi connectivity index (χ1v) is 5.81. The van der Waals surface area contributed by atoms with Crippen LogP contribution in [0.2, 0.25) is 0 Å². The molecule has 8 heteroatoms. The van der Waals surface area contributed by atoms with Gasteiger partial charge in [0.25, 0.3) is 0 Å². The molecule has 1 unspecified atom stereocenters.